The predicted molar refractivity (Wildman–Crippen MR) is 72.7 cm³/mol. The molecule has 0 aliphatic rings. The number of hydrogen-bond acceptors (Lipinski definition) is 3. The van der Waals surface area contributed by atoms with Crippen LogP contribution < -0.4 is 5.63 Å². The molecule has 90 valence electrons. The lowest BCUT2D eigenvalue weighted by molar-refractivity contribution is 0.563. The van der Waals surface area contributed by atoms with Crippen LogP contribution in [-0.4, -0.2) is 0 Å². The highest BCUT2D eigenvalue weighted by molar-refractivity contribution is 5.84. The number of benzene rings is 2. The molecule has 1 heterocycles. The van der Waals surface area contributed by atoms with Crippen LogP contribution in [0.5, 0.6) is 0 Å². The largest absolute Gasteiger partial charge is 0.422 e. The van der Waals surface area contributed by atoms with Crippen molar-refractivity contribution in [1.82, 2.24) is 0 Å². The maximum absolute atomic E-state index is 12.0. The number of diazo groups is 1. The fourth-order valence-corrected chi connectivity index (χ4v) is 1.98. The molecule has 2 aromatic carbocycles. The Labute approximate surface area is 108 Å². The molecule has 0 N–H and O–H groups in total. The molecule has 19 heavy (non-hydrogen) atoms. The van der Waals surface area contributed by atoms with E-state index in [1.54, 1.807) is 18.2 Å². The zero-order chi connectivity index (χ0) is 13.2. The van der Waals surface area contributed by atoms with Gasteiger partial charge in [0, 0.05) is 11.5 Å². The quantitative estimate of drug-likeness (QED) is 0.484. The van der Waals surface area contributed by atoms with Gasteiger partial charge >= 0.3 is 11.3 Å². The molecule has 3 aromatic rings. The minimum Gasteiger partial charge on any atom is -0.422 e. The Morgan fingerprint density at radius 1 is 1.00 bits per heavy atom. The Kier molecular flexibility index (Phi) is 2.58. The summed E-state index contributed by atoms with van der Waals surface area (Å²) >= 11 is 0. The average molecular weight is 249 g/mol. The first-order chi connectivity index (χ1) is 9.28. The SMILES string of the molecule is N#[N+]c1ccc2cc(-c3ccccc3)c(=O)oc2c1. The van der Waals surface area contributed by atoms with Gasteiger partial charge in [-0.25, -0.2) is 4.79 Å². The second kappa shape index (κ2) is 4.39. The normalized spacial score (nSPS) is 10.3. The van der Waals surface area contributed by atoms with Gasteiger partial charge in [-0.3, -0.25) is 0 Å². The lowest BCUT2D eigenvalue weighted by atomic mass is 10.1. The highest BCUT2D eigenvalue weighted by Crippen LogP contribution is 2.24. The van der Waals surface area contributed by atoms with Gasteiger partial charge in [0.05, 0.1) is 11.6 Å². The van der Waals surface area contributed by atoms with E-state index < -0.39 is 5.63 Å². The fourth-order valence-electron chi connectivity index (χ4n) is 1.98. The lowest BCUT2D eigenvalue weighted by Gasteiger charge is -2.01. The van der Waals surface area contributed by atoms with Crippen LogP contribution in [0.25, 0.3) is 27.1 Å². The van der Waals surface area contributed by atoms with Gasteiger partial charge in [-0.2, -0.15) is 0 Å². The van der Waals surface area contributed by atoms with Crippen LogP contribution in [0, 0.1) is 5.39 Å². The van der Waals surface area contributed by atoms with E-state index in [4.69, 9.17) is 9.81 Å². The molecule has 0 saturated heterocycles. The van der Waals surface area contributed by atoms with Crippen molar-refractivity contribution in [3.8, 4) is 11.1 Å². The van der Waals surface area contributed by atoms with Crippen molar-refractivity contribution in [1.29, 1.82) is 5.39 Å². The molecular weight excluding hydrogens is 240 g/mol. The molecule has 0 saturated carbocycles. The van der Waals surface area contributed by atoms with Crippen molar-refractivity contribution in [2.24, 2.45) is 0 Å². The minimum absolute atomic E-state index is 0.350. The van der Waals surface area contributed by atoms with Gasteiger partial charge in [0.2, 0.25) is 5.39 Å². The molecule has 0 unspecified atom stereocenters. The summed E-state index contributed by atoms with van der Waals surface area (Å²) in [5, 5.41) is 9.49. The minimum atomic E-state index is -0.409. The maximum Gasteiger partial charge on any atom is 0.388 e. The van der Waals surface area contributed by atoms with E-state index in [9.17, 15) is 4.79 Å². The maximum atomic E-state index is 12.0. The van der Waals surface area contributed by atoms with Crippen molar-refractivity contribution in [3.63, 3.8) is 0 Å². The third-order valence-corrected chi connectivity index (χ3v) is 2.92. The molecular formula is C15H9N2O2+. The van der Waals surface area contributed by atoms with Gasteiger partial charge in [-0.1, -0.05) is 30.3 Å². The van der Waals surface area contributed by atoms with Crippen LogP contribution in [0.4, 0.5) is 5.69 Å². The van der Waals surface area contributed by atoms with E-state index in [0.717, 1.165) is 10.9 Å². The summed E-state index contributed by atoms with van der Waals surface area (Å²) in [6.45, 7) is 0. The molecule has 0 bridgehead atoms. The Balaban J connectivity index is 2.27. The monoisotopic (exact) mass is 249 g/mol. The molecule has 0 amide bonds. The molecule has 3 rings (SSSR count). The van der Waals surface area contributed by atoms with Gasteiger partial charge in [0.1, 0.15) is 5.58 Å². The fraction of sp³-hybridized carbons (Fsp3) is 0. The predicted octanol–water partition coefficient (Wildman–Crippen LogP) is 3.94. The molecule has 0 spiro atoms. The molecule has 4 heteroatoms. The zero-order valence-electron chi connectivity index (χ0n) is 9.91. The topological polar surface area (TPSA) is 58.4 Å². The average Bonchev–Trinajstić information content (AvgIpc) is 2.47. The van der Waals surface area contributed by atoms with Crippen LogP contribution in [0.15, 0.2) is 63.8 Å². The number of hydrogen-bond donors (Lipinski definition) is 0. The van der Waals surface area contributed by atoms with E-state index in [-0.39, 0.29) is 0 Å². The van der Waals surface area contributed by atoms with Crippen LogP contribution in [0.2, 0.25) is 0 Å². The zero-order valence-corrected chi connectivity index (χ0v) is 9.91. The number of fused-ring (bicyclic) bond motifs is 1. The van der Waals surface area contributed by atoms with Gasteiger partial charge in [-0.15, -0.1) is 0 Å². The highest BCUT2D eigenvalue weighted by atomic mass is 16.4. The first-order valence-electron chi connectivity index (χ1n) is 5.76. The summed E-state index contributed by atoms with van der Waals surface area (Å²) in [6.07, 6.45) is 0. The second-order valence-corrected chi connectivity index (χ2v) is 4.14. The summed E-state index contributed by atoms with van der Waals surface area (Å²) in [5.74, 6) is 0. The molecule has 0 aliphatic heterocycles. The Morgan fingerprint density at radius 3 is 2.53 bits per heavy atom. The van der Waals surface area contributed by atoms with Crippen LogP contribution in [0.3, 0.4) is 0 Å². The molecule has 0 atom stereocenters. The Morgan fingerprint density at radius 2 is 1.79 bits per heavy atom. The molecule has 0 radical (unpaired) electrons. The molecule has 0 aliphatic carbocycles. The van der Waals surface area contributed by atoms with E-state index in [1.807, 2.05) is 30.3 Å². The van der Waals surface area contributed by atoms with E-state index in [0.29, 0.717) is 16.8 Å². The van der Waals surface area contributed by atoms with Crippen molar-refractivity contribution in [3.05, 3.63) is 70.0 Å². The standard InChI is InChI=1S/C15H9N2O2/c16-17-12-7-6-11-8-13(10-4-2-1-3-5-10)15(18)19-14(11)9-12/h1-9H/q+1. The summed E-state index contributed by atoms with van der Waals surface area (Å²) < 4.78 is 5.26. The smallest absolute Gasteiger partial charge is 0.388 e. The second-order valence-electron chi connectivity index (χ2n) is 4.14. The Hall–Kier alpha value is -2.93. The molecule has 4 nitrogen and oxygen atoms in total. The van der Waals surface area contributed by atoms with Crippen molar-refractivity contribution >= 4 is 16.7 Å². The van der Waals surface area contributed by atoms with Gasteiger partial charge in [0.25, 0.3) is 0 Å². The van der Waals surface area contributed by atoms with E-state index in [1.165, 1.54) is 6.07 Å². The van der Waals surface area contributed by atoms with Crippen molar-refractivity contribution in [2.75, 3.05) is 0 Å². The van der Waals surface area contributed by atoms with Crippen LogP contribution in [-0.2, 0) is 0 Å². The van der Waals surface area contributed by atoms with Crippen molar-refractivity contribution in [2.45, 2.75) is 0 Å². The summed E-state index contributed by atoms with van der Waals surface area (Å²) in [4.78, 5) is 15.0. The van der Waals surface area contributed by atoms with Crippen molar-refractivity contribution < 1.29 is 4.42 Å². The molecule has 0 fully saturated rings. The van der Waals surface area contributed by atoms with E-state index in [2.05, 4.69) is 4.98 Å². The third kappa shape index (κ3) is 1.98. The first-order valence-corrected chi connectivity index (χ1v) is 5.76. The summed E-state index contributed by atoms with van der Waals surface area (Å²) in [7, 11) is 0. The first kappa shape index (κ1) is 11.2. The summed E-state index contributed by atoms with van der Waals surface area (Å²) in [5.41, 5.74) is 1.67. The number of rotatable bonds is 1. The summed E-state index contributed by atoms with van der Waals surface area (Å²) in [6, 6.07) is 16.0. The Bertz CT molecular complexity index is 845. The highest BCUT2D eigenvalue weighted by Gasteiger charge is 2.11. The van der Waals surface area contributed by atoms with Gasteiger partial charge in [-0.05, 0) is 17.7 Å². The van der Waals surface area contributed by atoms with Crippen LogP contribution >= 0.6 is 0 Å². The third-order valence-electron chi connectivity index (χ3n) is 2.92. The van der Waals surface area contributed by atoms with E-state index >= 15 is 0 Å². The molecule has 1 aromatic heterocycles. The van der Waals surface area contributed by atoms with Gasteiger partial charge in [0.15, 0.2) is 4.98 Å². The van der Waals surface area contributed by atoms with Gasteiger partial charge < -0.3 is 4.42 Å². The lowest BCUT2D eigenvalue weighted by Crippen LogP contribution is -2.02. The number of nitrogens with zero attached hydrogens (tertiary/aromatic N) is 2. The van der Waals surface area contributed by atoms with Crippen LogP contribution in [0.1, 0.15) is 0 Å².